The van der Waals surface area contributed by atoms with Gasteiger partial charge in [-0.1, -0.05) is 32.8 Å². The maximum absolute atomic E-state index is 13.8. The third kappa shape index (κ3) is 4.51. The minimum Gasteiger partial charge on any atom is -0.454 e. The average Bonchev–Trinajstić information content (AvgIpc) is 3.21. The predicted octanol–water partition coefficient (Wildman–Crippen LogP) is 3.83. The quantitative estimate of drug-likeness (QED) is 0.625. The number of hydrogen-bond acceptors (Lipinski definition) is 6. The van der Waals surface area contributed by atoms with E-state index in [1.807, 2.05) is 12.1 Å². The molecule has 0 N–H and O–H groups in total. The Morgan fingerprint density at radius 3 is 2.25 bits per heavy atom. The van der Waals surface area contributed by atoms with Gasteiger partial charge in [-0.25, -0.2) is 16.8 Å². The van der Waals surface area contributed by atoms with Crippen molar-refractivity contribution in [1.82, 2.24) is 4.31 Å². The van der Waals surface area contributed by atoms with E-state index in [0.29, 0.717) is 17.4 Å². The van der Waals surface area contributed by atoms with Crippen molar-refractivity contribution in [1.29, 1.82) is 0 Å². The van der Waals surface area contributed by atoms with E-state index < -0.39 is 19.9 Å². The van der Waals surface area contributed by atoms with Gasteiger partial charge in [-0.05, 0) is 60.2 Å². The molecule has 7 nitrogen and oxygen atoms in total. The fourth-order valence-electron chi connectivity index (χ4n) is 4.55. The first-order chi connectivity index (χ1) is 15.1. The fourth-order valence-corrected chi connectivity index (χ4v) is 6.91. The van der Waals surface area contributed by atoms with Crippen molar-refractivity contribution in [2.75, 3.05) is 13.0 Å². The summed E-state index contributed by atoms with van der Waals surface area (Å²) >= 11 is 0. The Balaban J connectivity index is 1.72. The van der Waals surface area contributed by atoms with Crippen LogP contribution in [0.25, 0.3) is 0 Å². The first kappa shape index (κ1) is 23.1. The molecule has 2 aromatic carbocycles. The summed E-state index contributed by atoms with van der Waals surface area (Å²) in [6.07, 6.45) is 3.94. The first-order valence-corrected chi connectivity index (χ1v) is 14.1. The van der Waals surface area contributed by atoms with Crippen molar-refractivity contribution in [3.05, 3.63) is 48.0 Å². The highest BCUT2D eigenvalue weighted by molar-refractivity contribution is 7.90. The van der Waals surface area contributed by atoms with Crippen LogP contribution in [0.1, 0.15) is 38.7 Å². The number of nitrogens with zero attached hydrogens (tertiary/aromatic N) is 1. The molecule has 9 heteroatoms. The molecule has 2 aliphatic rings. The molecule has 174 valence electrons. The zero-order valence-electron chi connectivity index (χ0n) is 18.5. The van der Waals surface area contributed by atoms with Crippen molar-refractivity contribution in [2.24, 2.45) is 11.8 Å². The molecule has 0 saturated heterocycles. The van der Waals surface area contributed by atoms with Crippen molar-refractivity contribution in [2.45, 2.75) is 55.5 Å². The molecule has 0 unspecified atom stereocenters. The second kappa shape index (κ2) is 8.68. The Morgan fingerprint density at radius 1 is 0.906 bits per heavy atom. The molecule has 1 aliphatic heterocycles. The molecule has 0 bridgehead atoms. The van der Waals surface area contributed by atoms with Crippen LogP contribution in [0.2, 0.25) is 0 Å². The largest absolute Gasteiger partial charge is 0.454 e. The summed E-state index contributed by atoms with van der Waals surface area (Å²) in [5.41, 5.74) is 0.816. The molecule has 2 aromatic rings. The number of ether oxygens (including phenoxy) is 2. The Morgan fingerprint density at radius 2 is 1.56 bits per heavy atom. The van der Waals surface area contributed by atoms with E-state index in [1.54, 1.807) is 10.4 Å². The Bertz CT molecular complexity index is 1190. The molecule has 1 saturated carbocycles. The highest BCUT2D eigenvalue weighted by atomic mass is 32.2. The molecule has 1 fully saturated rings. The maximum Gasteiger partial charge on any atom is 0.243 e. The SMILES string of the molecule is C[C@@H]1[C@H](C)CCC[C@H]1N(Cc1ccc2c(c1)OCO2)S(=O)(=O)c1ccc(S(C)(=O)=O)cc1. The van der Waals surface area contributed by atoms with Crippen LogP contribution in [0.3, 0.4) is 0 Å². The van der Waals surface area contributed by atoms with Gasteiger partial charge in [0, 0.05) is 18.8 Å². The van der Waals surface area contributed by atoms with E-state index in [0.717, 1.165) is 31.1 Å². The summed E-state index contributed by atoms with van der Waals surface area (Å²) in [6.45, 7) is 4.64. The summed E-state index contributed by atoms with van der Waals surface area (Å²) in [5.74, 6) is 1.88. The second-order valence-corrected chi connectivity index (χ2v) is 12.7. The summed E-state index contributed by atoms with van der Waals surface area (Å²) in [6, 6.07) is 10.8. The lowest BCUT2D eigenvalue weighted by Gasteiger charge is -2.41. The summed E-state index contributed by atoms with van der Waals surface area (Å²) in [7, 11) is -7.28. The molecule has 0 amide bonds. The molecule has 0 radical (unpaired) electrons. The van der Waals surface area contributed by atoms with Crippen LogP contribution in [0.15, 0.2) is 52.3 Å². The topological polar surface area (TPSA) is 90.0 Å². The normalized spacial score (nSPS) is 23.4. The Labute approximate surface area is 190 Å². The molecule has 32 heavy (non-hydrogen) atoms. The van der Waals surface area contributed by atoms with E-state index in [1.165, 1.54) is 24.3 Å². The van der Waals surface area contributed by atoms with Crippen LogP contribution in [0.5, 0.6) is 11.5 Å². The summed E-state index contributed by atoms with van der Waals surface area (Å²) in [4.78, 5) is 0.189. The number of rotatable bonds is 6. The van der Waals surface area contributed by atoms with Gasteiger partial charge >= 0.3 is 0 Å². The zero-order chi connectivity index (χ0) is 23.1. The van der Waals surface area contributed by atoms with Gasteiger partial charge in [-0.15, -0.1) is 0 Å². The molecule has 1 aliphatic carbocycles. The molecule has 0 aromatic heterocycles. The van der Waals surface area contributed by atoms with E-state index in [2.05, 4.69) is 13.8 Å². The third-order valence-electron chi connectivity index (χ3n) is 6.67. The molecule has 3 atom stereocenters. The third-order valence-corrected chi connectivity index (χ3v) is 9.68. The van der Waals surface area contributed by atoms with Crippen LogP contribution in [-0.4, -0.2) is 40.2 Å². The summed E-state index contributed by atoms with van der Waals surface area (Å²) in [5, 5.41) is 0. The van der Waals surface area contributed by atoms with Gasteiger partial charge in [0.1, 0.15) is 0 Å². The van der Waals surface area contributed by atoms with Crippen LogP contribution < -0.4 is 9.47 Å². The molecule has 1 heterocycles. The second-order valence-electron chi connectivity index (χ2n) is 8.82. The predicted molar refractivity (Wildman–Crippen MR) is 121 cm³/mol. The standard InChI is InChI=1S/C23H29NO6S2/c1-16-5-4-6-21(17(16)2)24(14-18-7-12-22-23(13-18)30-15-29-22)32(27,28)20-10-8-19(9-11-20)31(3,25)26/h7-13,16-17,21H,4-6,14-15H2,1-3H3/t16-,17-,21-/m1/s1. The lowest BCUT2D eigenvalue weighted by molar-refractivity contribution is 0.138. The maximum atomic E-state index is 13.8. The van der Waals surface area contributed by atoms with Crippen molar-refractivity contribution >= 4 is 19.9 Å². The van der Waals surface area contributed by atoms with Gasteiger partial charge in [-0.2, -0.15) is 4.31 Å². The van der Waals surface area contributed by atoms with Gasteiger partial charge in [0.2, 0.25) is 16.8 Å². The minimum atomic E-state index is -3.87. The molecular weight excluding hydrogens is 450 g/mol. The number of benzene rings is 2. The zero-order valence-corrected chi connectivity index (χ0v) is 20.2. The van der Waals surface area contributed by atoms with Crippen LogP contribution in [0, 0.1) is 11.8 Å². The van der Waals surface area contributed by atoms with E-state index in [-0.39, 0.29) is 35.1 Å². The van der Waals surface area contributed by atoms with Crippen LogP contribution >= 0.6 is 0 Å². The molecular formula is C23H29NO6S2. The van der Waals surface area contributed by atoms with Crippen LogP contribution in [-0.2, 0) is 26.4 Å². The van der Waals surface area contributed by atoms with Gasteiger partial charge in [0.15, 0.2) is 21.3 Å². The highest BCUT2D eigenvalue weighted by Crippen LogP contribution is 2.38. The number of sulfonamides is 1. The van der Waals surface area contributed by atoms with Gasteiger partial charge in [0.05, 0.1) is 9.79 Å². The lowest BCUT2D eigenvalue weighted by atomic mass is 9.78. The minimum absolute atomic E-state index is 0.0936. The smallest absolute Gasteiger partial charge is 0.243 e. The number of sulfone groups is 1. The average molecular weight is 480 g/mol. The number of fused-ring (bicyclic) bond motifs is 1. The lowest BCUT2D eigenvalue weighted by Crippen LogP contribution is -2.46. The van der Waals surface area contributed by atoms with Crippen molar-refractivity contribution in [3.8, 4) is 11.5 Å². The Kier molecular flexibility index (Phi) is 6.26. The van der Waals surface area contributed by atoms with E-state index in [9.17, 15) is 16.8 Å². The number of hydrogen-bond donors (Lipinski definition) is 0. The van der Waals surface area contributed by atoms with Crippen molar-refractivity contribution < 1.29 is 26.3 Å². The van der Waals surface area contributed by atoms with Gasteiger partial charge in [-0.3, -0.25) is 0 Å². The van der Waals surface area contributed by atoms with Gasteiger partial charge in [0.25, 0.3) is 0 Å². The molecule has 4 rings (SSSR count). The van der Waals surface area contributed by atoms with Crippen LogP contribution in [0.4, 0.5) is 0 Å². The Hall–Kier alpha value is -2.10. The van der Waals surface area contributed by atoms with E-state index in [4.69, 9.17) is 9.47 Å². The molecule has 0 spiro atoms. The van der Waals surface area contributed by atoms with Gasteiger partial charge < -0.3 is 9.47 Å². The fraction of sp³-hybridized carbons (Fsp3) is 0.478. The first-order valence-electron chi connectivity index (χ1n) is 10.8. The monoisotopic (exact) mass is 479 g/mol. The highest BCUT2D eigenvalue weighted by Gasteiger charge is 2.38. The van der Waals surface area contributed by atoms with E-state index >= 15 is 0 Å². The summed E-state index contributed by atoms with van der Waals surface area (Å²) < 4.78 is 63.7. The van der Waals surface area contributed by atoms with Crippen molar-refractivity contribution in [3.63, 3.8) is 0 Å².